The predicted molar refractivity (Wildman–Crippen MR) is 424 cm³/mol. The van der Waals surface area contributed by atoms with E-state index in [2.05, 4.69) is 29.6 Å². The van der Waals surface area contributed by atoms with Gasteiger partial charge in [-0.1, -0.05) is 0 Å². The summed E-state index contributed by atoms with van der Waals surface area (Å²) in [4.78, 5) is 70.2. The first-order chi connectivity index (χ1) is 54.6. The number of aryl methyl sites for hydroxylation is 8. The predicted octanol–water partition coefficient (Wildman–Crippen LogP) is 13.2. The molecule has 10 aromatic rings. The molecule has 0 atom stereocenters. The van der Waals surface area contributed by atoms with Gasteiger partial charge in [0.25, 0.3) is 11.8 Å². The van der Waals surface area contributed by atoms with Crippen LogP contribution in [-0.2, 0) is 14.2 Å². The number of aromatic nitrogens is 4. The fraction of sp³-hybridized carbons (Fsp3) is 0.301. The van der Waals surface area contributed by atoms with E-state index in [1.165, 1.54) is 114 Å². The molecule has 0 aliphatic heterocycles. The molecule has 4 aromatic heterocycles. The first kappa shape index (κ1) is 88.5. The summed E-state index contributed by atoms with van der Waals surface area (Å²) in [5.74, 6) is -2.97. The molecule has 12 rings (SSSR count). The second-order valence-electron chi connectivity index (χ2n) is 26.0. The number of aromatic carboxylic acids is 1. The lowest BCUT2D eigenvalue weighted by molar-refractivity contribution is -0.0503. The Morgan fingerprint density at radius 1 is 0.348 bits per heavy atom. The number of hydrogen-bond donors (Lipinski definition) is 9. The van der Waals surface area contributed by atoms with E-state index in [-0.39, 0.29) is 103 Å². The molecule has 0 bridgehead atoms. The number of aromatic hydroxyl groups is 4. The molecule has 614 valence electrons. The molecule has 32 heteroatoms. The number of nitrogens with one attached hydrogen (secondary N) is 2. The number of alkyl halides is 2. The van der Waals surface area contributed by atoms with Crippen LogP contribution in [0, 0.1) is 55.4 Å². The van der Waals surface area contributed by atoms with E-state index >= 15 is 0 Å². The van der Waals surface area contributed by atoms with Gasteiger partial charge in [0, 0.05) is 142 Å². The van der Waals surface area contributed by atoms with Crippen LogP contribution < -0.4 is 60.0 Å². The first-order valence-corrected chi connectivity index (χ1v) is 35.4. The van der Waals surface area contributed by atoms with Gasteiger partial charge in [-0.25, -0.2) is 19.2 Å². The van der Waals surface area contributed by atoms with Crippen LogP contribution in [-0.4, -0.2) is 169 Å². The molecule has 2 aliphatic carbocycles. The number of carboxylic acids is 1. The number of phenolic OH excluding ortho intramolecular Hbond substituents is 3. The zero-order valence-corrected chi connectivity index (χ0v) is 67.0. The van der Waals surface area contributed by atoms with Gasteiger partial charge in [0.1, 0.15) is 102 Å². The molecular weight excluding hydrogens is 1500 g/mol. The Balaban J connectivity index is 0.000000193. The number of esters is 3. The van der Waals surface area contributed by atoms with E-state index in [9.17, 15) is 58.0 Å². The summed E-state index contributed by atoms with van der Waals surface area (Å²) >= 11 is 0. The number of carbonyl (C=O) groups excluding carboxylic acids is 5. The van der Waals surface area contributed by atoms with Gasteiger partial charge in [0.2, 0.25) is 0 Å². The number of methoxy groups -OCH3 is 10. The number of rotatable bonds is 21. The molecule has 0 unspecified atom stereocenters. The normalized spacial score (nSPS) is 11.6. The highest BCUT2D eigenvalue weighted by molar-refractivity contribution is 6.02. The average Bonchev–Trinajstić information content (AvgIpc) is 1.78. The Labute approximate surface area is 662 Å². The maximum Gasteiger partial charge on any atom is 0.387 e. The summed E-state index contributed by atoms with van der Waals surface area (Å²) in [6, 6.07) is 34.5. The van der Waals surface area contributed by atoms with Crippen LogP contribution in [0.5, 0.6) is 69.0 Å². The Bertz CT molecular complexity index is 5080. The lowest BCUT2D eigenvalue weighted by Gasteiger charge is -2.18. The van der Waals surface area contributed by atoms with E-state index in [0.717, 1.165) is 82.6 Å². The van der Waals surface area contributed by atoms with E-state index in [1.54, 1.807) is 30.3 Å². The Morgan fingerprint density at radius 2 is 0.583 bits per heavy atom. The van der Waals surface area contributed by atoms with Gasteiger partial charge in [-0.15, -0.1) is 0 Å². The smallest absolute Gasteiger partial charge is 0.387 e. The van der Waals surface area contributed by atoms with Gasteiger partial charge in [-0.05, 0) is 130 Å². The second kappa shape index (κ2) is 39.5. The molecule has 30 nitrogen and oxygen atoms in total. The number of nitrogens with zero attached hydrogens (tertiary/aromatic N) is 4. The SMILES string of the molecule is COC(=O)c1c(O)cc(-n2c(C)ccc2C)cc1OC.COC(=O)c1c(O)cc(N)cc1OC.COC(=O)c1c(OC)cc(N)cc1OC.COc1cc(-n2c(C)ccc2C)cc(O)c1C(=O)NC1CC1.COc1cc(-n2c(C)ccc2C)cc(O)c1C(=O)O.COc1cc(-n2c(C)ccc2C)cc(OC(F)F)c1C(=O)NC1CC1. The van der Waals surface area contributed by atoms with Crippen molar-refractivity contribution in [3.05, 3.63) is 200 Å². The van der Waals surface area contributed by atoms with Crippen molar-refractivity contribution in [1.82, 2.24) is 28.9 Å². The van der Waals surface area contributed by atoms with Gasteiger partial charge in [-0.2, -0.15) is 8.78 Å². The quantitative estimate of drug-likeness (QED) is 0.0183. The Morgan fingerprint density at radius 3 is 0.887 bits per heavy atom. The number of nitrogen functional groups attached to an aromatic ring is 2. The number of hydrogen-bond acceptors (Lipinski definition) is 23. The molecule has 2 aliphatic rings. The van der Waals surface area contributed by atoms with Crippen LogP contribution in [0.4, 0.5) is 20.2 Å². The minimum atomic E-state index is -3.04. The molecule has 11 N–H and O–H groups in total. The summed E-state index contributed by atoms with van der Waals surface area (Å²) in [5.41, 5.74) is 22.8. The molecular formula is C83H96F2N8O22. The largest absolute Gasteiger partial charge is 0.507 e. The third-order valence-electron chi connectivity index (χ3n) is 18.0. The maximum atomic E-state index is 12.9. The number of ether oxygens (including phenoxy) is 11. The average molecular weight is 1600 g/mol. The van der Waals surface area contributed by atoms with Crippen molar-refractivity contribution in [2.45, 2.75) is 99.8 Å². The number of carboxylic acid groups (broad SMARTS) is 1. The second-order valence-corrected chi connectivity index (χ2v) is 26.0. The van der Waals surface area contributed by atoms with Crippen LogP contribution in [0.1, 0.15) is 133 Å². The lowest BCUT2D eigenvalue weighted by atomic mass is 10.1. The minimum Gasteiger partial charge on any atom is -0.507 e. The number of nitrogens with two attached hydrogens (primary N) is 2. The summed E-state index contributed by atoms with van der Waals surface area (Å²) in [6.45, 7) is 12.5. The third kappa shape index (κ3) is 21.5. The fourth-order valence-corrected chi connectivity index (χ4v) is 12.3. The van der Waals surface area contributed by atoms with Crippen LogP contribution >= 0.6 is 0 Å². The number of amides is 2. The van der Waals surface area contributed by atoms with E-state index in [4.69, 9.17) is 49.7 Å². The van der Waals surface area contributed by atoms with Crippen molar-refractivity contribution >= 4 is 47.1 Å². The van der Waals surface area contributed by atoms with Crippen LogP contribution in [0.15, 0.2) is 121 Å². The van der Waals surface area contributed by atoms with Gasteiger partial charge < -0.3 is 118 Å². The number of phenols is 4. The minimum absolute atomic E-state index is 0.0130. The van der Waals surface area contributed by atoms with Gasteiger partial charge in [0.15, 0.2) is 0 Å². The topological polar surface area (TPSA) is 401 Å². The van der Waals surface area contributed by atoms with E-state index in [1.807, 2.05) is 122 Å². The molecule has 0 radical (unpaired) electrons. The molecule has 6 aromatic carbocycles. The molecule has 2 saturated carbocycles. The van der Waals surface area contributed by atoms with Crippen molar-refractivity contribution in [3.63, 3.8) is 0 Å². The summed E-state index contributed by atoms with van der Waals surface area (Å²) in [7, 11) is 13.8. The first-order valence-electron chi connectivity index (χ1n) is 35.4. The summed E-state index contributed by atoms with van der Waals surface area (Å²) in [5, 5.41) is 54.5. The highest BCUT2D eigenvalue weighted by atomic mass is 19.3. The zero-order valence-electron chi connectivity index (χ0n) is 67.0. The van der Waals surface area contributed by atoms with Gasteiger partial charge in [0.05, 0.1) is 93.8 Å². The third-order valence-corrected chi connectivity index (χ3v) is 18.0. The van der Waals surface area contributed by atoms with Crippen molar-refractivity contribution < 1.29 is 115 Å². The standard InChI is InChI=1S/C18H20F2N2O3.C17H20N2O3.C15H17NO4.C14H15NO4.C10H13NO4.C9H11NO4/c1-10-4-5-11(2)22(10)13-8-14(24-3)16(15(9-13)25-18(19)20)17(23)21-12-6-7-12;1-10-4-5-11(2)19(10)13-8-14(20)16(15(9-13)22-3)17(21)18-12-6-7-12;1-9-5-6-10(2)16(9)11-7-12(17)14(15(18)20-4)13(8-11)19-3;1-8-4-5-9(2)15(8)10-6-11(16)13(14(17)18)12(7-10)19-3;1-13-7-4-6(11)5-8(14-2)9(7)10(12)15-3;1-13-7-4-5(10)3-6(11)8(7)9(12)14-2/h4-5,8-9,12,18H,6-7H2,1-3H3,(H,21,23);4-5,8-9,12,20H,6-7H2,1-3H3,(H,18,21);5-8,17H,1-4H3;4-7,16H,1-3H3,(H,17,18);4-5H,11H2,1-3H3;3-4,11H,10H2,1-2H3. The van der Waals surface area contributed by atoms with E-state index in [0.29, 0.717) is 40.0 Å². The van der Waals surface area contributed by atoms with Crippen molar-refractivity contribution in [2.75, 3.05) is 82.6 Å². The number of benzene rings is 6. The highest BCUT2D eigenvalue weighted by Crippen LogP contribution is 2.40. The summed E-state index contributed by atoms with van der Waals surface area (Å²) < 4.78 is 87.8. The zero-order chi connectivity index (χ0) is 85.1. The van der Waals surface area contributed by atoms with Crippen LogP contribution in [0.25, 0.3) is 22.7 Å². The van der Waals surface area contributed by atoms with Gasteiger partial charge in [-0.3, -0.25) is 9.59 Å². The summed E-state index contributed by atoms with van der Waals surface area (Å²) in [6.07, 6.45) is 3.77. The number of anilines is 2. The fourth-order valence-electron chi connectivity index (χ4n) is 12.3. The van der Waals surface area contributed by atoms with Crippen molar-refractivity contribution in [1.29, 1.82) is 0 Å². The molecule has 4 heterocycles. The Kier molecular flexibility index (Phi) is 30.4. The maximum absolute atomic E-state index is 12.9. The number of halogens is 2. The Hall–Kier alpha value is -13.7. The van der Waals surface area contributed by atoms with Gasteiger partial charge >= 0.3 is 30.5 Å². The molecule has 0 spiro atoms. The monoisotopic (exact) mass is 1590 g/mol. The number of carbonyl (C=O) groups is 6. The lowest BCUT2D eigenvalue weighted by Crippen LogP contribution is -2.27. The van der Waals surface area contributed by atoms with Crippen LogP contribution in [0.2, 0.25) is 0 Å². The van der Waals surface area contributed by atoms with Crippen LogP contribution in [0.3, 0.4) is 0 Å². The van der Waals surface area contributed by atoms with E-state index < -0.39 is 36.4 Å². The molecule has 2 amide bonds. The molecule has 2 fully saturated rings. The highest BCUT2D eigenvalue weighted by Gasteiger charge is 2.31. The van der Waals surface area contributed by atoms with Crippen molar-refractivity contribution in [3.8, 4) is 91.7 Å². The van der Waals surface area contributed by atoms with Crippen molar-refractivity contribution in [2.24, 2.45) is 0 Å². The molecule has 0 saturated heterocycles. The molecule has 115 heavy (non-hydrogen) atoms.